The lowest BCUT2D eigenvalue weighted by Gasteiger charge is -2.22. The number of halogens is 3. The molecule has 0 aliphatic rings. The number of para-hydroxylation sites is 1. The number of likely N-dealkylation sites (N-methyl/N-ethyl adjacent to an activating group) is 1. The van der Waals surface area contributed by atoms with Crippen molar-refractivity contribution in [2.75, 3.05) is 33.8 Å². The Morgan fingerprint density at radius 1 is 1.38 bits per heavy atom. The number of hydrogen-bond donors (Lipinski definition) is 2. The van der Waals surface area contributed by atoms with Crippen molar-refractivity contribution in [1.82, 2.24) is 10.2 Å². The summed E-state index contributed by atoms with van der Waals surface area (Å²) in [5.41, 5.74) is -0.895. The zero-order valence-electron chi connectivity index (χ0n) is 13.8. The second-order valence-corrected chi connectivity index (χ2v) is 5.44. The first-order valence-corrected chi connectivity index (χ1v) is 7.61. The number of nitrogens with zero attached hydrogens (tertiary/aromatic N) is 1. The fraction of sp³-hybridized carbons (Fsp3) is 0.562. The van der Waals surface area contributed by atoms with E-state index in [-0.39, 0.29) is 24.8 Å². The Bertz CT molecular complexity index is 524. The zero-order valence-corrected chi connectivity index (χ0v) is 13.8. The fourth-order valence-corrected chi connectivity index (χ4v) is 2.09. The standard InChI is InChI=1S/C16H23F3N2O3/c1-20-9-5-8-15(23)21(2)10-12(22)11-24-14-7-4-3-6-13(14)16(17,18)19/h3-4,6-7,12,20,22H,5,8-11H2,1-2H3. The van der Waals surface area contributed by atoms with Gasteiger partial charge in [0.15, 0.2) is 0 Å². The lowest BCUT2D eigenvalue weighted by Crippen LogP contribution is -2.37. The van der Waals surface area contributed by atoms with Crippen molar-refractivity contribution >= 4 is 5.91 Å². The molecule has 24 heavy (non-hydrogen) atoms. The van der Waals surface area contributed by atoms with Crippen LogP contribution in [0.5, 0.6) is 5.75 Å². The Balaban J connectivity index is 2.49. The Hall–Kier alpha value is -1.80. The minimum atomic E-state index is -4.53. The van der Waals surface area contributed by atoms with Gasteiger partial charge in [-0.2, -0.15) is 13.2 Å². The quantitative estimate of drug-likeness (QED) is 0.669. The van der Waals surface area contributed by atoms with Crippen LogP contribution in [-0.2, 0) is 11.0 Å². The monoisotopic (exact) mass is 348 g/mol. The van der Waals surface area contributed by atoms with Gasteiger partial charge in [-0.25, -0.2) is 0 Å². The lowest BCUT2D eigenvalue weighted by molar-refractivity contribution is -0.139. The first kappa shape index (κ1) is 20.2. The first-order chi connectivity index (χ1) is 11.3. The summed E-state index contributed by atoms with van der Waals surface area (Å²) in [5.74, 6) is -0.480. The minimum absolute atomic E-state index is 0.00737. The average Bonchev–Trinajstić information content (AvgIpc) is 2.52. The van der Waals surface area contributed by atoms with E-state index in [1.807, 2.05) is 0 Å². The summed E-state index contributed by atoms with van der Waals surface area (Å²) in [4.78, 5) is 13.2. The Labute approximate surface area is 139 Å². The van der Waals surface area contributed by atoms with Crippen molar-refractivity contribution < 1.29 is 27.8 Å². The number of rotatable bonds is 9. The van der Waals surface area contributed by atoms with Crippen LogP contribution in [0, 0.1) is 0 Å². The van der Waals surface area contributed by atoms with Gasteiger partial charge >= 0.3 is 6.18 Å². The molecule has 2 N–H and O–H groups in total. The molecule has 1 unspecified atom stereocenters. The molecule has 1 aromatic carbocycles. The van der Waals surface area contributed by atoms with Crippen LogP contribution < -0.4 is 10.1 Å². The van der Waals surface area contributed by atoms with Crippen LogP contribution in [-0.4, -0.2) is 55.8 Å². The molecule has 8 heteroatoms. The highest BCUT2D eigenvalue weighted by Crippen LogP contribution is 2.35. The number of ether oxygens (including phenoxy) is 1. The van der Waals surface area contributed by atoms with Gasteiger partial charge in [-0.1, -0.05) is 12.1 Å². The maximum atomic E-state index is 12.8. The van der Waals surface area contributed by atoms with E-state index in [2.05, 4.69) is 5.32 Å². The number of benzene rings is 1. The van der Waals surface area contributed by atoms with E-state index < -0.39 is 17.8 Å². The normalized spacial score (nSPS) is 12.8. The Morgan fingerprint density at radius 2 is 2.04 bits per heavy atom. The van der Waals surface area contributed by atoms with Crippen molar-refractivity contribution in [3.05, 3.63) is 29.8 Å². The highest BCUT2D eigenvalue weighted by atomic mass is 19.4. The molecule has 0 aromatic heterocycles. The third kappa shape index (κ3) is 6.76. The predicted molar refractivity (Wildman–Crippen MR) is 83.7 cm³/mol. The van der Waals surface area contributed by atoms with Gasteiger partial charge in [0.05, 0.1) is 5.56 Å². The van der Waals surface area contributed by atoms with Crippen molar-refractivity contribution in [3.63, 3.8) is 0 Å². The summed E-state index contributed by atoms with van der Waals surface area (Å²) >= 11 is 0. The summed E-state index contributed by atoms with van der Waals surface area (Å²) in [6.07, 6.45) is -4.60. The SMILES string of the molecule is CNCCCC(=O)N(C)CC(O)COc1ccccc1C(F)(F)F. The van der Waals surface area contributed by atoms with Crippen molar-refractivity contribution in [3.8, 4) is 5.75 Å². The highest BCUT2D eigenvalue weighted by molar-refractivity contribution is 5.75. The minimum Gasteiger partial charge on any atom is -0.490 e. The van der Waals surface area contributed by atoms with Crippen LogP contribution in [0.2, 0.25) is 0 Å². The molecule has 1 amide bonds. The average molecular weight is 348 g/mol. The highest BCUT2D eigenvalue weighted by Gasteiger charge is 2.34. The zero-order chi connectivity index (χ0) is 18.2. The van der Waals surface area contributed by atoms with Gasteiger partial charge in [0, 0.05) is 20.0 Å². The molecule has 5 nitrogen and oxygen atoms in total. The number of hydrogen-bond acceptors (Lipinski definition) is 4. The van der Waals surface area contributed by atoms with Gasteiger partial charge in [0.2, 0.25) is 5.91 Å². The molecule has 1 rings (SSSR count). The van der Waals surface area contributed by atoms with Crippen LogP contribution in [0.4, 0.5) is 13.2 Å². The van der Waals surface area contributed by atoms with Gasteiger partial charge < -0.3 is 20.1 Å². The third-order valence-corrected chi connectivity index (χ3v) is 3.35. The molecule has 0 radical (unpaired) electrons. The van der Waals surface area contributed by atoms with E-state index in [4.69, 9.17) is 4.74 Å². The van der Waals surface area contributed by atoms with Crippen LogP contribution in [0.15, 0.2) is 24.3 Å². The molecule has 136 valence electrons. The number of alkyl halides is 3. The topological polar surface area (TPSA) is 61.8 Å². The van der Waals surface area contributed by atoms with Gasteiger partial charge in [-0.3, -0.25) is 4.79 Å². The molecule has 1 aromatic rings. The molecule has 0 spiro atoms. The largest absolute Gasteiger partial charge is 0.490 e. The third-order valence-electron chi connectivity index (χ3n) is 3.35. The lowest BCUT2D eigenvalue weighted by atomic mass is 10.2. The van der Waals surface area contributed by atoms with Gasteiger partial charge in [-0.15, -0.1) is 0 Å². The fourth-order valence-electron chi connectivity index (χ4n) is 2.09. The first-order valence-electron chi connectivity index (χ1n) is 7.61. The van der Waals surface area contributed by atoms with Crippen LogP contribution in [0.3, 0.4) is 0 Å². The van der Waals surface area contributed by atoms with Gasteiger partial charge in [-0.05, 0) is 32.1 Å². The summed E-state index contributed by atoms with van der Waals surface area (Å²) in [6, 6.07) is 4.80. The molecule has 0 saturated heterocycles. The van der Waals surface area contributed by atoms with E-state index in [0.29, 0.717) is 19.4 Å². The van der Waals surface area contributed by atoms with Gasteiger partial charge in [0.1, 0.15) is 18.5 Å². The molecular weight excluding hydrogens is 325 g/mol. The molecule has 0 saturated carbocycles. The van der Waals surface area contributed by atoms with E-state index >= 15 is 0 Å². The Kier molecular flexibility index (Phi) is 8.00. The molecule has 0 aliphatic heterocycles. The second kappa shape index (κ2) is 9.48. The summed E-state index contributed by atoms with van der Waals surface area (Å²) in [6.45, 7) is 0.368. The van der Waals surface area contributed by atoms with Crippen molar-refractivity contribution in [2.45, 2.75) is 25.1 Å². The molecule has 0 fully saturated rings. The van der Waals surface area contributed by atoms with E-state index in [9.17, 15) is 23.1 Å². The summed E-state index contributed by atoms with van der Waals surface area (Å²) < 4.78 is 43.6. The Morgan fingerprint density at radius 3 is 2.67 bits per heavy atom. The van der Waals surface area contributed by atoms with E-state index in [0.717, 1.165) is 6.07 Å². The van der Waals surface area contributed by atoms with Gasteiger partial charge in [0.25, 0.3) is 0 Å². The molecule has 1 atom stereocenters. The predicted octanol–water partition coefficient (Wildman–Crippen LogP) is 1.90. The smallest absolute Gasteiger partial charge is 0.419 e. The summed E-state index contributed by atoms with van der Waals surface area (Å²) in [5, 5.41) is 12.8. The number of aliphatic hydroxyl groups is 1. The number of carbonyl (C=O) groups is 1. The molecule has 0 heterocycles. The maximum Gasteiger partial charge on any atom is 0.419 e. The second-order valence-electron chi connectivity index (χ2n) is 5.44. The molecule has 0 aliphatic carbocycles. The number of aliphatic hydroxyl groups excluding tert-OH is 1. The maximum absolute atomic E-state index is 12.8. The van der Waals surface area contributed by atoms with Crippen LogP contribution >= 0.6 is 0 Å². The van der Waals surface area contributed by atoms with Crippen molar-refractivity contribution in [2.24, 2.45) is 0 Å². The molecular formula is C16H23F3N2O3. The summed E-state index contributed by atoms with van der Waals surface area (Å²) in [7, 11) is 3.32. The van der Waals surface area contributed by atoms with Crippen molar-refractivity contribution in [1.29, 1.82) is 0 Å². The van der Waals surface area contributed by atoms with E-state index in [1.54, 1.807) is 7.05 Å². The number of nitrogens with one attached hydrogen (secondary N) is 1. The number of carbonyl (C=O) groups excluding carboxylic acids is 1. The molecule has 0 bridgehead atoms. The van der Waals surface area contributed by atoms with Crippen LogP contribution in [0.1, 0.15) is 18.4 Å². The van der Waals surface area contributed by atoms with Crippen LogP contribution in [0.25, 0.3) is 0 Å². The van der Waals surface area contributed by atoms with E-state index in [1.165, 1.54) is 30.1 Å². The number of amides is 1.